The van der Waals surface area contributed by atoms with Crippen LogP contribution in [0.2, 0.25) is 0 Å². The van der Waals surface area contributed by atoms with Crippen molar-refractivity contribution < 1.29 is 9.90 Å². The molecule has 0 bridgehead atoms. The fourth-order valence-corrected chi connectivity index (χ4v) is 1.92. The van der Waals surface area contributed by atoms with Crippen molar-refractivity contribution in [3.63, 3.8) is 0 Å². The third-order valence-corrected chi connectivity index (χ3v) is 2.67. The van der Waals surface area contributed by atoms with Crippen LogP contribution in [0.5, 0.6) is 0 Å². The molecule has 2 N–H and O–H groups in total. The topological polar surface area (TPSA) is 49.3 Å². The fraction of sp³-hybridized carbons (Fsp3) is 0.909. The Hall–Kier alpha value is -0.570. The highest BCUT2D eigenvalue weighted by molar-refractivity contribution is 5.76. The van der Waals surface area contributed by atoms with Crippen molar-refractivity contribution in [1.82, 2.24) is 5.32 Å². The van der Waals surface area contributed by atoms with Gasteiger partial charge in [-0.2, -0.15) is 0 Å². The Bertz CT molecular complexity index is 192. The Labute approximate surface area is 85.9 Å². The number of nitrogens with one attached hydrogen (secondary N) is 1. The quantitative estimate of drug-likeness (QED) is 0.723. The summed E-state index contributed by atoms with van der Waals surface area (Å²) in [5.74, 6) is 0.460. The second kappa shape index (κ2) is 5.35. The third-order valence-electron chi connectivity index (χ3n) is 2.67. The molecule has 0 saturated heterocycles. The number of hydrogen-bond acceptors (Lipinski definition) is 2. The average Bonchev–Trinajstić information content (AvgIpc) is 2.07. The van der Waals surface area contributed by atoms with Crippen molar-refractivity contribution in [2.45, 2.75) is 58.1 Å². The third kappa shape index (κ3) is 3.66. The van der Waals surface area contributed by atoms with Crippen LogP contribution >= 0.6 is 0 Å². The SMILES string of the molecule is CC(C)CC(=O)NC1CCCCC1O. The van der Waals surface area contributed by atoms with Gasteiger partial charge in [0, 0.05) is 6.42 Å². The van der Waals surface area contributed by atoms with Gasteiger partial charge in [0.25, 0.3) is 0 Å². The van der Waals surface area contributed by atoms with Gasteiger partial charge in [-0.1, -0.05) is 26.7 Å². The first-order valence-electron chi connectivity index (χ1n) is 5.57. The van der Waals surface area contributed by atoms with Gasteiger partial charge in [-0.05, 0) is 18.8 Å². The van der Waals surface area contributed by atoms with Crippen molar-refractivity contribution in [2.24, 2.45) is 5.92 Å². The molecular formula is C11H21NO2. The van der Waals surface area contributed by atoms with Gasteiger partial charge in [0.1, 0.15) is 0 Å². The maximum Gasteiger partial charge on any atom is 0.220 e. The number of aliphatic hydroxyl groups is 1. The van der Waals surface area contributed by atoms with Crippen LogP contribution in [-0.4, -0.2) is 23.2 Å². The number of carbonyl (C=O) groups is 1. The molecule has 1 aliphatic carbocycles. The molecule has 1 rings (SSSR count). The fourth-order valence-electron chi connectivity index (χ4n) is 1.92. The smallest absolute Gasteiger partial charge is 0.220 e. The average molecular weight is 199 g/mol. The zero-order chi connectivity index (χ0) is 10.6. The van der Waals surface area contributed by atoms with Gasteiger partial charge in [-0.3, -0.25) is 4.79 Å². The molecule has 0 aromatic carbocycles. The van der Waals surface area contributed by atoms with Crippen LogP contribution in [0.4, 0.5) is 0 Å². The molecule has 82 valence electrons. The first-order valence-corrected chi connectivity index (χ1v) is 5.57. The van der Waals surface area contributed by atoms with E-state index in [1.54, 1.807) is 0 Å². The predicted molar refractivity (Wildman–Crippen MR) is 55.9 cm³/mol. The second-order valence-corrected chi connectivity index (χ2v) is 4.62. The summed E-state index contributed by atoms with van der Waals surface area (Å²) < 4.78 is 0. The van der Waals surface area contributed by atoms with Crippen molar-refractivity contribution in [3.05, 3.63) is 0 Å². The van der Waals surface area contributed by atoms with E-state index in [0.29, 0.717) is 12.3 Å². The van der Waals surface area contributed by atoms with E-state index in [-0.39, 0.29) is 18.1 Å². The molecule has 14 heavy (non-hydrogen) atoms. The van der Waals surface area contributed by atoms with Gasteiger partial charge in [-0.15, -0.1) is 0 Å². The summed E-state index contributed by atoms with van der Waals surface area (Å²) in [6.45, 7) is 4.05. The van der Waals surface area contributed by atoms with Gasteiger partial charge in [0.15, 0.2) is 0 Å². The van der Waals surface area contributed by atoms with E-state index >= 15 is 0 Å². The van der Waals surface area contributed by atoms with Crippen LogP contribution in [-0.2, 0) is 4.79 Å². The highest BCUT2D eigenvalue weighted by Crippen LogP contribution is 2.18. The first-order chi connectivity index (χ1) is 6.59. The summed E-state index contributed by atoms with van der Waals surface area (Å²) in [6, 6.07) is -0.00463. The summed E-state index contributed by atoms with van der Waals surface area (Å²) >= 11 is 0. The number of amides is 1. The molecule has 0 aromatic rings. The maximum atomic E-state index is 11.4. The molecule has 0 aliphatic heterocycles. The maximum absolute atomic E-state index is 11.4. The Morgan fingerprint density at radius 2 is 2.07 bits per heavy atom. The molecule has 1 saturated carbocycles. The van der Waals surface area contributed by atoms with Crippen LogP contribution in [0.15, 0.2) is 0 Å². The molecule has 2 atom stereocenters. The van der Waals surface area contributed by atoms with Gasteiger partial charge >= 0.3 is 0 Å². The van der Waals surface area contributed by atoms with Crippen molar-refractivity contribution in [2.75, 3.05) is 0 Å². The minimum absolute atomic E-state index is 0.00463. The summed E-state index contributed by atoms with van der Waals surface area (Å²) in [4.78, 5) is 11.4. The van der Waals surface area contributed by atoms with Crippen molar-refractivity contribution >= 4 is 5.91 Å². The number of aliphatic hydroxyl groups excluding tert-OH is 1. The van der Waals surface area contributed by atoms with E-state index < -0.39 is 0 Å². The molecule has 0 radical (unpaired) electrons. The zero-order valence-corrected chi connectivity index (χ0v) is 9.12. The Morgan fingerprint density at radius 3 is 2.64 bits per heavy atom. The molecule has 1 aliphatic rings. The minimum Gasteiger partial charge on any atom is -0.391 e. The van der Waals surface area contributed by atoms with E-state index in [4.69, 9.17) is 0 Å². The first kappa shape index (κ1) is 11.5. The van der Waals surface area contributed by atoms with Crippen LogP contribution in [0.25, 0.3) is 0 Å². The lowest BCUT2D eigenvalue weighted by Crippen LogP contribution is -2.45. The molecule has 3 heteroatoms. The Morgan fingerprint density at radius 1 is 1.43 bits per heavy atom. The van der Waals surface area contributed by atoms with Gasteiger partial charge in [0.05, 0.1) is 12.1 Å². The lowest BCUT2D eigenvalue weighted by molar-refractivity contribution is -0.123. The Balaban J connectivity index is 2.31. The lowest BCUT2D eigenvalue weighted by Gasteiger charge is -2.28. The minimum atomic E-state index is -0.333. The van der Waals surface area contributed by atoms with E-state index in [2.05, 4.69) is 5.32 Å². The monoisotopic (exact) mass is 199 g/mol. The second-order valence-electron chi connectivity index (χ2n) is 4.62. The van der Waals surface area contributed by atoms with Gasteiger partial charge in [-0.25, -0.2) is 0 Å². The highest BCUT2D eigenvalue weighted by Gasteiger charge is 2.24. The highest BCUT2D eigenvalue weighted by atomic mass is 16.3. The zero-order valence-electron chi connectivity index (χ0n) is 9.12. The van der Waals surface area contributed by atoms with Crippen LogP contribution < -0.4 is 5.32 Å². The molecule has 1 fully saturated rings. The molecule has 0 heterocycles. The Kier molecular flexibility index (Phi) is 4.39. The van der Waals surface area contributed by atoms with E-state index in [9.17, 15) is 9.90 Å². The van der Waals surface area contributed by atoms with Crippen molar-refractivity contribution in [1.29, 1.82) is 0 Å². The number of rotatable bonds is 3. The number of hydrogen-bond donors (Lipinski definition) is 2. The largest absolute Gasteiger partial charge is 0.391 e. The van der Waals surface area contributed by atoms with Crippen LogP contribution in [0.3, 0.4) is 0 Å². The van der Waals surface area contributed by atoms with Gasteiger partial charge < -0.3 is 10.4 Å². The standard InChI is InChI=1S/C11H21NO2/c1-8(2)7-11(14)12-9-5-3-4-6-10(9)13/h8-10,13H,3-7H2,1-2H3,(H,12,14). The van der Waals surface area contributed by atoms with Crippen LogP contribution in [0.1, 0.15) is 46.0 Å². The number of carbonyl (C=O) groups excluding carboxylic acids is 1. The van der Waals surface area contributed by atoms with Crippen molar-refractivity contribution in [3.8, 4) is 0 Å². The van der Waals surface area contributed by atoms with E-state index in [1.165, 1.54) is 0 Å². The van der Waals surface area contributed by atoms with Gasteiger partial charge in [0.2, 0.25) is 5.91 Å². The van der Waals surface area contributed by atoms with E-state index in [0.717, 1.165) is 25.7 Å². The van der Waals surface area contributed by atoms with Crippen LogP contribution in [0, 0.1) is 5.92 Å². The lowest BCUT2D eigenvalue weighted by atomic mass is 9.92. The molecule has 2 unspecified atom stereocenters. The summed E-state index contributed by atoms with van der Waals surface area (Å²) in [5.41, 5.74) is 0. The summed E-state index contributed by atoms with van der Waals surface area (Å²) in [7, 11) is 0. The molecule has 3 nitrogen and oxygen atoms in total. The van der Waals surface area contributed by atoms with E-state index in [1.807, 2.05) is 13.8 Å². The molecule has 0 aromatic heterocycles. The molecular weight excluding hydrogens is 178 g/mol. The molecule has 0 spiro atoms. The molecule has 1 amide bonds. The summed E-state index contributed by atoms with van der Waals surface area (Å²) in [6.07, 6.45) is 4.17. The summed E-state index contributed by atoms with van der Waals surface area (Å²) in [5, 5.41) is 12.5. The normalized spacial score (nSPS) is 27.7. The predicted octanol–water partition coefficient (Wildman–Crippen LogP) is 1.45.